The number of aliphatic hydroxyl groups is 1. The van der Waals surface area contributed by atoms with Crippen molar-refractivity contribution in [2.45, 2.75) is 20.5 Å². The molecule has 2 aromatic rings. The van der Waals surface area contributed by atoms with E-state index < -0.39 is 5.82 Å². The highest BCUT2D eigenvalue weighted by Gasteiger charge is 2.07. The number of aryl methyl sites for hydroxylation is 2. The Kier molecular flexibility index (Phi) is 3.58. The molecule has 0 saturated heterocycles. The molecular weight excluding hydrogens is 233 g/mol. The second-order valence-electron chi connectivity index (χ2n) is 4.09. The standard InChI is InChI=1S/C14H14FNO2/c1-9-3-5-12(15)13(7-9)18-14-6-4-11(8-17)10(2)16-14/h3-7,17H,8H2,1-2H3. The van der Waals surface area contributed by atoms with Crippen LogP contribution in [0.2, 0.25) is 0 Å². The highest BCUT2D eigenvalue weighted by molar-refractivity contribution is 5.33. The van der Waals surface area contributed by atoms with Gasteiger partial charge in [0.2, 0.25) is 5.88 Å². The molecule has 0 atom stereocenters. The van der Waals surface area contributed by atoms with Crippen molar-refractivity contribution < 1.29 is 14.2 Å². The second-order valence-corrected chi connectivity index (χ2v) is 4.09. The van der Waals surface area contributed by atoms with Crippen molar-refractivity contribution in [3.8, 4) is 11.6 Å². The summed E-state index contributed by atoms with van der Waals surface area (Å²) in [6.07, 6.45) is 0. The topological polar surface area (TPSA) is 42.4 Å². The molecule has 0 saturated carbocycles. The molecule has 0 aliphatic carbocycles. The Balaban J connectivity index is 2.28. The van der Waals surface area contributed by atoms with Crippen molar-refractivity contribution in [2.75, 3.05) is 0 Å². The van der Waals surface area contributed by atoms with Gasteiger partial charge < -0.3 is 9.84 Å². The average molecular weight is 247 g/mol. The van der Waals surface area contributed by atoms with Gasteiger partial charge in [0.25, 0.3) is 0 Å². The molecule has 0 aliphatic heterocycles. The number of hydrogen-bond acceptors (Lipinski definition) is 3. The Hall–Kier alpha value is -1.94. The molecule has 3 nitrogen and oxygen atoms in total. The predicted octanol–water partition coefficient (Wildman–Crippen LogP) is 3.12. The lowest BCUT2D eigenvalue weighted by Crippen LogP contribution is -1.96. The molecule has 1 aromatic heterocycles. The molecule has 0 bridgehead atoms. The molecule has 2 rings (SSSR count). The third-order valence-corrected chi connectivity index (χ3v) is 2.64. The molecule has 0 unspecified atom stereocenters. The van der Waals surface area contributed by atoms with Crippen LogP contribution in [0.5, 0.6) is 11.6 Å². The monoisotopic (exact) mass is 247 g/mol. The minimum absolute atomic E-state index is 0.0715. The summed E-state index contributed by atoms with van der Waals surface area (Å²) in [6, 6.07) is 7.98. The molecule has 0 amide bonds. The first-order valence-corrected chi connectivity index (χ1v) is 5.61. The Morgan fingerprint density at radius 3 is 2.67 bits per heavy atom. The van der Waals surface area contributed by atoms with Gasteiger partial charge in [-0.05, 0) is 43.2 Å². The first-order chi connectivity index (χ1) is 8.60. The molecule has 0 radical (unpaired) electrons. The van der Waals surface area contributed by atoms with Crippen molar-refractivity contribution in [3.05, 3.63) is 53.0 Å². The number of aromatic nitrogens is 1. The molecule has 1 aromatic carbocycles. The maximum absolute atomic E-state index is 13.5. The predicted molar refractivity (Wildman–Crippen MR) is 66.1 cm³/mol. The largest absolute Gasteiger partial charge is 0.436 e. The van der Waals surface area contributed by atoms with Gasteiger partial charge in [-0.25, -0.2) is 9.37 Å². The van der Waals surface area contributed by atoms with Crippen LogP contribution in [0.1, 0.15) is 16.8 Å². The summed E-state index contributed by atoms with van der Waals surface area (Å²) < 4.78 is 18.9. The van der Waals surface area contributed by atoms with Gasteiger partial charge in [0, 0.05) is 11.8 Å². The van der Waals surface area contributed by atoms with E-state index in [1.54, 1.807) is 31.2 Å². The number of pyridine rings is 1. The molecule has 0 spiro atoms. The van der Waals surface area contributed by atoms with Gasteiger partial charge in [0.05, 0.1) is 6.61 Å². The van der Waals surface area contributed by atoms with E-state index in [0.717, 1.165) is 11.1 Å². The zero-order chi connectivity index (χ0) is 13.1. The summed E-state index contributed by atoms with van der Waals surface area (Å²) in [5, 5.41) is 9.04. The van der Waals surface area contributed by atoms with Crippen molar-refractivity contribution in [1.29, 1.82) is 0 Å². The van der Waals surface area contributed by atoms with E-state index in [-0.39, 0.29) is 12.4 Å². The zero-order valence-electron chi connectivity index (χ0n) is 10.3. The summed E-state index contributed by atoms with van der Waals surface area (Å²) in [5.74, 6) is 0.0409. The lowest BCUT2D eigenvalue weighted by Gasteiger charge is -2.08. The number of rotatable bonds is 3. The van der Waals surface area contributed by atoms with E-state index in [9.17, 15) is 4.39 Å². The molecule has 1 N–H and O–H groups in total. The molecule has 0 aliphatic rings. The molecule has 94 valence electrons. The van der Waals surface area contributed by atoms with E-state index in [1.165, 1.54) is 6.07 Å². The third kappa shape index (κ3) is 2.65. The SMILES string of the molecule is Cc1ccc(F)c(Oc2ccc(CO)c(C)n2)c1. The Morgan fingerprint density at radius 1 is 1.22 bits per heavy atom. The van der Waals surface area contributed by atoms with Gasteiger partial charge in [-0.1, -0.05) is 6.07 Å². The molecule has 0 fully saturated rings. The molecule has 1 heterocycles. The Morgan fingerprint density at radius 2 is 2.00 bits per heavy atom. The van der Waals surface area contributed by atoms with Crippen LogP contribution in [-0.2, 0) is 6.61 Å². The van der Waals surface area contributed by atoms with Gasteiger partial charge in [-0.3, -0.25) is 0 Å². The van der Waals surface area contributed by atoms with Crippen LogP contribution in [0.3, 0.4) is 0 Å². The maximum atomic E-state index is 13.5. The van der Waals surface area contributed by atoms with E-state index in [4.69, 9.17) is 9.84 Å². The summed E-state index contributed by atoms with van der Waals surface area (Å²) in [7, 11) is 0. The van der Waals surface area contributed by atoms with Crippen molar-refractivity contribution in [1.82, 2.24) is 4.98 Å². The van der Waals surface area contributed by atoms with Gasteiger partial charge >= 0.3 is 0 Å². The summed E-state index contributed by atoms with van der Waals surface area (Å²) in [6.45, 7) is 3.56. The molecular formula is C14H14FNO2. The zero-order valence-corrected chi connectivity index (χ0v) is 10.3. The fraction of sp³-hybridized carbons (Fsp3) is 0.214. The van der Waals surface area contributed by atoms with Gasteiger partial charge in [-0.15, -0.1) is 0 Å². The molecule has 4 heteroatoms. The number of benzene rings is 1. The van der Waals surface area contributed by atoms with Gasteiger partial charge in [-0.2, -0.15) is 0 Å². The van der Waals surface area contributed by atoms with Gasteiger partial charge in [0.1, 0.15) is 0 Å². The third-order valence-electron chi connectivity index (χ3n) is 2.64. The maximum Gasteiger partial charge on any atom is 0.219 e. The number of hydrogen-bond donors (Lipinski definition) is 1. The fourth-order valence-electron chi connectivity index (χ4n) is 1.59. The van der Waals surface area contributed by atoms with E-state index in [2.05, 4.69) is 4.98 Å². The number of aliphatic hydroxyl groups excluding tert-OH is 1. The Bertz CT molecular complexity index is 570. The summed E-state index contributed by atoms with van der Waals surface area (Å²) in [5.41, 5.74) is 2.31. The van der Waals surface area contributed by atoms with Crippen LogP contribution >= 0.6 is 0 Å². The molecule has 18 heavy (non-hydrogen) atoms. The first kappa shape index (κ1) is 12.5. The lowest BCUT2D eigenvalue weighted by molar-refractivity contribution is 0.280. The number of halogens is 1. The van der Waals surface area contributed by atoms with Crippen LogP contribution in [0.4, 0.5) is 4.39 Å². The van der Waals surface area contributed by atoms with E-state index >= 15 is 0 Å². The van der Waals surface area contributed by atoms with Crippen LogP contribution in [0.15, 0.2) is 30.3 Å². The summed E-state index contributed by atoms with van der Waals surface area (Å²) >= 11 is 0. The van der Waals surface area contributed by atoms with Crippen molar-refractivity contribution in [3.63, 3.8) is 0 Å². The van der Waals surface area contributed by atoms with Crippen LogP contribution in [0, 0.1) is 19.7 Å². The van der Waals surface area contributed by atoms with Crippen molar-refractivity contribution >= 4 is 0 Å². The normalized spacial score (nSPS) is 10.4. The quantitative estimate of drug-likeness (QED) is 0.906. The first-order valence-electron chi connectivity index (χ1n) is 5.61. The van der Waals surface area contributed by atoms with Crippen LogP contribution in [-0.4, -0.2) is 10.1 Å². The number of nitrogens with zero attached hydrogens (tertiary/aromatic N) is 1. The Labute approximate surface area is 105 Å². The minimum Gasteiger partial charge on any atom is -0.436 e. The fourth-order valence-corrected chi connectivity index (χ4v) is 1.59. The van der Waals surface area contributed by atoms with Crippen LogP contribution in [0.25, 0.3) is 0 Å². The van der Waals surface area contributed by atoms with Crippen LogP contribution < -0.4 is 4.74 Å². The van der Waals surface area contributed by atoms with Crippen molar-refractivity contribution in [2.24, 2.45) is 0 Å². The highest BCUT2D eigenvalue weighted by Crippen LogP contribution is 2.24. The highest BCUT2D eigenvalue weighted by atomic mass is 19.1. The smallest absolute Gasteiger partial charge is 0.219 e. The van der Waals surface area contributed by atoms with E-state index in [1.807, 2.05) is 6.92 Å². The van der Waals surface area contributed by atoms with Gasteiger partial charge in [0.15, 0.2) is 11.6 Å². The second kappa shape index (κ2) is 5.14. The van der Waals surface area contributed by atoms with E-state index in [0.29, 0.717) is 11.6 Å². The lowest BCUT2D eigenvalue weighted by atomic mass is 10.2. The average Bonchev–Trinajstić information content (AvgIpc) is 2.34. The number of ether oxygens (including phenoxy) is 1. The summed E-state index contributed by atoms with van der Waals surface area (Å²) in [4.78, 5) is 4.16. The minimum atomic E-state index is -0.425.